The lowest BCUT2D eigenvalue weighted by atomic mass is 9.97. The molecule has 100 valence electrons. The molecule has 18 heavy (non-hydrogen) atoms. The third-order valence-electron chi connectivity index (χ3n) is 3.29. The highest BCUT2D eigenvalue weighted by Crippen LogP contribution is 2.19. The number of carbonyl (C=O) groups excluding carboxylic acids is 2. The van der Waals surface area contributed by atoms with Gasteiger partial charge < -0.3 is 20.6 Å². The van der Waals surface area contributed by atoms with Gasteiger partial charge in [0.2, 0.25) is 5.91 Å². The molecule has 0 aromatic carbocycles. The summed E-state index contributed by atoms with van der Waals surface area (Å²) in [5.41, 5.74) is 0. The Morgan fingerprint density at radius 3 is 2.78 bits per heavy atom. The highest BCUT2D eigenvalue weighted by Gasteiger charge is 2.34. The van der Waals surface area contributed by atoms with Crippen LogP contribution in [0.25, 0.3) is 0 Å². The average molecular weight is 255 g/mol. The lowest BCUT2D eigenvalue weighted by molar-refractivity contribution is -0.139. The van der Waals surface area contributed by atoms with Gasteiger partial charge in [0, 0.05) is 25.6 Å². The van der Waals surface area contributed by atoms with Crippen LogP contribution in [0.3, 0.4) is 0 Å². The zero-order valence-electron chi connectivity index (χ0n) is 10.0. The number of urea groups is 1. The maximum atomic E-state index is 11.8. The van der Waals surface area contributed by atoms with E-state index in [0.717, 1.165) is 6.42 Å². The number of nitrogens with one attached hydrogen (secondary N) is 2. The van der Waals surface area contributed by atoms with Crippen molar-refractivity contribution in [2.75, 3.05) is 19.6 Å². The van der Waals surface area contributed by atoms with Crippen LogP contribution >= 0.6 is 0 Å². The maximum Gasteiger partial charge on any atom is 0.318 e. The number of carboxylic acids is 1. The Balaban J connectivity index is 1.73. The van der Waals surface area contributed by atoms with Gasteiger partial charge in [0.25, 0.3) is 0 Å². The van der Waals surface area contributed by atoms with E-state index >= 15 is 0 Å². The first-order valence-electron chi connectivity index (χ1n) is 6.11. The predicted octanol–water partition coefficient (Wildman–Crippen LogP) is -0.619. The summed E-state index contributed by atoms with van der Waals surface area (Å²) in [5, 5.41) is 14.0. The van der Waals surface area contributed by atoms with Crippen LogP contribution in [-0.4, -0.2) is 53.6 Å². The molecule has 0 spiro atoms. The van der Waals surface area contributed by atoms with Crippen LogP contribution in [0.1, 0.15) is 19.3 Å². The van der Waals surface area contributed by atoms with Crippen molar-refractivity contribution in [3.63, 3.8) is 0 Å². The van der Waals surface area contributed by atoms with Crippen molar-refractivity contribution >= 4 is 17.9 Å². The molecule has 1 atom stereocenters. The number of aliphatic carboxylic acids is 1. The van der Waals surface area contributed by atoms with Crippen LogP contribution in [0.5, 0.6) is 0 Å². The van der Waals surface area contributed by atoms with Crippen molar-refractivity contribution in [2.45, 2.75) is 25.3 Å². The van der Waals surface area contributed by atoms with Crippen molar-refractivity contribution in [3.05, 3.63) is 0 Å². The van der Waals surface area contributed by atoms with E-state index in [9.17, 15) is 14.4 Å². The topological polar surface area (TPSA) is 98.7 Å². The third-order valence-corrected chi connectivity index (χ3v) is 3.29. The Bertz CT molecular complexity index is 365. The van der Waals surface area contributed by atoms with Crippen molar-refractivity contribution in [2.24, 2.45) is 5.92 Å². The lowest BCUT2D eigenvalue weighted by Gasteiger charge is -2.39. The molecular formula is C11H17N3O4. The van der Waals surface area contributed by atoms with E-state index in [0.29, 0.717) is 26.1 Å². The molecule has 3 N–H and O–H groups in total. The molecule has 7 nitrogen and oxygen atoms in total. The number of rotatable bonds is 3. The summed E-state index contributed by atoms with van der Waals surface area (Å²) >= 11 is 0. The smallest absolute Gasteiger partial charge is 0.318 e. The molecule has 2 saturated heterocycles. The molecule has 0 saturated carbocycles. The summed E-state index contributed by atoms with van der Waals surface area (Å²) in [4.78, 5) is 35.2. The third kappa shape index (κ3) is 2.91. The summed E-state index contributed by atoms with van der Waals surface area (Å²) < 4.78 is 0. The molecule has 7 heteroatoms. The number of piperidine rings is 1. The summed E-state index contributed by atoms with van der Waals surface area (Å²) in [7, 11) is 0. The Kier molecular flexibility index (Phi) is 3.69. The Morgan fingerprint density at radius 2 is 2.17 bits per heavy atom. The molecule has 0 radical (unpaired) electrons. The van der Waals surface area contributed by atoms with Gasteiger partial charge in [-0.15, -0.1) is 0 Å². The predicted molar refractivity (Wildman–Crippen MR) is 61.9 cm³/mol. The van der Waals surface area contributed by atoms with Gasteiger partial charge in [-0.2, -0.15) is 0 Å². The molecule has 2 heterocycles. The van der Waals surface area contributed by atoms with Crippen LogP contribution in [0.4, 0.5) is 4.79 Å². The molecule has 1 unspecified atom stereocenters. The van der Waals surface area contributed by atoms with E-state index < -0.39 is 12.0 Å². The van der Waals surface area contributed by atoms with E-state index in [4.69, 9.17) is 5.11 Å². The molecular weight excluding hydrogens is 238 g/mol. The number of likely N-dealkylation sites (tertiary alicyclic amines) is 1. The minimum atomic E-state index is -0.841. The second kappa shape index (κ2) is 5.24. The number of hydrogen-bond acceptors (Lipinski definition) is 3. The first-order chi connectivity index (χ1) is 8.56. The zero-order chi connectivity index (χ0) is 13.1. The second-order valence-electron chi connectivity index (χ2n) is 4.80. The molecule has 2 fully saturated rings. The SMILES string of the molecule is O=C(O)CC1CN(C(=O)NC2CCCNC2=O)C1. The summed E-state index contributed by atoms with van der Waals surface area (Å²) in [6, 6.07) is -0.733. The average Bonchev–Trinajstić information content (AvgIpc) is 2.25. The molecule has 0 aliphatic carbocycles. The van der Waals surface area contributed by atoms with Gasteiger partial charge in [0.1, 0.15) is 6.04 Å². The number of nitrogens with zero attached hydrogens (tertiary/aromatic N) is 1. The van der Waals surface area contributed by atoms with E-state index in [1.54, 1.807) is 0 Å². The summed E-state index contributed by atoms with van der Waals surface area (Å²) in [6.07, 6.45) is 1.61. The van der Waals surface area contributed by atoms with E-state index in [2.05, 4.69) is 10.6 Å². The van der Waals surface area contributed by atoms with Gasteiger partial charge in [-0.25, -0.2) is 4.79 Å². The molecule has 2 aliphatic rings. The van der Waals surface area contributed by atoms with Crippen LogP contribution in [0.15, 0.2) is 0 Å². The normalized spacial score (nSPS) is 24.1. The molecule has 3 amide bonds. The summed E-state index contributed by atoms with van der Waals surface area (Å²) in [6.45, 7) is 1.56. The van der Waals surface area contributed by atoms with Gasteiger partial charge in [-0.3, -0.25) is 9.59 Å². The van der Waals surface area contributed by atoms with Crippen LogP contribution < -0.4 is 10.6 Å². The van der Waals surface area contributed by atoms with Crippen molar-refractivity contribution < 1.29 is 19.5 Å². The van der Waals surface area contributed by atoms with Crippen molar-refractivity contribution in [1.82, 2.24) is 15.5 Å². The number of hydrogen-bond donors (Lipinski definition) is 3. The molecule has 0 aromatic heterocycles. The highest BCUT2D eigenvalue weighted by atomic mass is 16.4. The monoisotopic (exact) mass is 255 g/mol. The maximum absolute atomic E-state index is 11.8. The van der Waals surface area contributed by atoms with Crippen LogP contribution in [0.2, 0.25) is 0 Å². The first-order valence-corrected chi connectivity index (χ1v) is 6.11. The van der Waals surface area contributed by atoms with E-state index in [1.807, 2.05) is 0 Å². The second-order valence-corrected chi connectivity index (χ2v) is 4.80. The Hall–Kier alpha value is -1.79. The Morgan fingerprint density at radius 1 is 1.44 bits per heavy atom. The van der Waals surface area contributed by atoms with Crippen LogP contribution in [-0.2, 0) is 9.59 Å². The minimum absolute atomic E-state index is 0.0356. The number of carboxylic acid groups (broad SMARTS) is 1. The standard InChI is InChI=1S/C11H17N3O4/c15-9(16)4-7-5-14(6-7)11(18)13-8-2-1-3-12-10(8)17/h7-8H,1-6H2,(H,12,17)(H,13,18)(H,15,16). The van der Waals surface area contributed by atoms with Gasteiger partial charge >= 0.3 is 12.0 Å². The molecule has 0 bridgehead atoms. The fraction of sp³-hybridized carbons (Fsp3) is 0.727. The van der Waals surface area contributed by atoms with Crippen LogP contribution in [0, 0.1) is 5.92 Å². The van der Waals surface area contributed by atoms with E-state index in [-0.39, 0.29) is 24.3 Å². The van der Waals surface area contributed by atoms with Crippen molar-refractivity contribution in [1.29, 1.82) is 0 Å². The highest BCUT2D eigenvalue weighted by molar-refractivity contribution is 5.87. The number of amides is 3. The fourth-order valence-corrected chi connectivity index (χ4v) is 2.26. The first kappa shape index (κ1) is 12.7. The fourth-order valence-electron chi connectivity index (χ4n) is 2.26. The molecule has 2 aliphatic heterocycles. The minimum Gasteiger partial charge on any atom is -0.481 e. The summed E-state index contributed by atoms with van der Waals surface area (Å²) in [5.74, 6) is -0.947. The van der Waals surface area contributed by atoms with Gasteiger partial charge in [0.15, 0.2) is 0 Å². The quantitative estimate of drug-likeness (QED) is 0.626. The number of carbonyl (C=O) groups is 3. The largest absolute Gasteiger partial charge is 0.481 e. The zero-order valence-corrected chi connectivity index (χ0v) is 10.0. The van der Waals surface area contributed by atoms with E-state index in [1.165, 1.54) is 4.90 Å². The molecule has 2 rings (SSSR count). The van der Waals surface area contributed by atoms with Gasteiger partial charge in [-0.1, -0.05) is 0 Å². The van der Waals surface area contributed by atoms with Gasteiger partial charge in [-0.05, 0) is 12.8 Å². The van der Waals surface area contributed by atoms with Gasteiger partial charge in [0.05, 0.1) is 6.42 Å². The Labute approximate surface area is 105 Å². The molecule has 0 aromatic rings. The lowest BCUT2D eigenvalue weighted by Crippen LogP contribution is -2.59. The van der Waals surface area contributed by atoms with Crippen molar-refractivity contribution in [3.8, 4) is 0 Å².